The van der Waals surface area contributed by atoms with E-state index in [4.69, 9.17) is 0 Å². The molecule has 0 unspecified atom stereocenters. The van der Waals surface area contributed by atoms with Crippen LogP contribution in [0, 0.1) is 0 Å². The van der Waals surface area contributed by atoms with Gasteiger partial charge in [-0.1, -0.05) is 37.3 Å². The molecule has 0 atom stereocenters. The van der Waals surface area contributed by atoms with Crippen molar-refractivity contribution < 1.29 is 13.2 Å². The van der Waals surface area contributed by atoms with Crippen LogP contribution in [0.3, 0.4) is 0 Å². The first kappa shape index (κ1) is 19.8. The first-order chi connectivity index (χ1) is 13.4. The summed E-state index contributed by atoms with van der Waals surface area (Å²) >= 11 is 0. The summed E-state index contributed by atoms with van der Waals surface area (Å²) in [6.07, 6.45) is 6.87. The fourth-order valence-corrected chi connectivity index (χ4v) is 3.57. The van der Waals surface area contributed by atoms with Crippen molar-refractivity contribution in [1.29, 1.82) is 0 Å². The van der Waals surface area contributed by atoms with Crippen LogP contribution >= 0.6 is 0 Å². The Labute approximate surface area is 164 Å². The van der Waals surface area contributed by atoms with Crippen LogP contribution < -0.4 is 0 Å². The Morgan fingerprint density at radius 3 is 2.32 bits per heavy atom. The van der Waals surface area contributed by atoms with Gasteiger partial charge in [0.05, 0.1) is 23.6 Å². The number of hydrogen-bond acceptors (Lipinski definition) is 6. The molecule has 3 rings (SSSR count). The molecule has 7 heteroatoms. The van der Waals surface area contributed by atoms with E-state index >= 15 is 0 Å². The number of carbonyl (C=O) groups is 1. The van der Waals surface area contributed by atoms with E-state index in [2.05, 4.69) is 15.0 Å². The Bertz CT molecular complexity index is 1050. The molecule has 0 fully saturated rings. The van der Waals surface area contributed by atoms with E-state index in [1.807, 2.05) is 36.4 Å². The van der Waals surface area contributed by atoms with Gasteiger partial charge in [-0.15, -0.1) is 0 Å². The Morgan fingerprint density at radius 2 is 1.64 bits per heavy atom. The lowest BCUT2D eigenvalue weighted by Gasteiger charge is -2.06. The molecule has 28 heavy (non-hydrogen) atoms. The molecule has 0 N–H and O–H groups in total. The maximum Gasteiger partial charge on any atom is 0.155 e. The third-order valence-corrected chi connectivity index (χ3v) is 5.89. The van der Waals surface area contributed by atoms with Gasteiger partial charge in [-0.3, -0.25) is 19.7 Å². The molecular weight excluding hydrogens is 374 g/mol. The van der Waals surface area contributed by atoms with Crippen LogP contribution in [0.5, 0.6) is 0 Å². The number of pyridine rings is 1. The minimum absolute atomic E-state index is 0.000994. The highest BCUT2D eigenvalue weighted by molar-refractivity contribution is 7.90. The molecule has 0 aliphatic heterocycles. The van der Waals surface area contributed by atoms with E-state index < -0.39 is 9.84 Å². The predicted octanol–water partition coefficient (Wildman–Crippen LogP) is 2.83. The summed E-state index contributed by atoms with van der Waals surface area (Å²) in [7, 11) is -3.19. The van der Waals surface area contributed by atoms with Gasteiger partial charge in [-0.25, -0.2) is 8.42 Å². The van der Waals surface area contributed by atoms with Gasteiger partial charge in [0, 0.05) is 37.0 Å². The quantitative estimate of drug-likeness (QED) is 0.583. The molecule has 0 spiro atoms. The maximum absolute atomic E-state index is 12.4. The SMILES string of the molecule is CCS(=O)(=O)Cc1cncc(CC(=O)Cc2ccc(-c3cccnc3)cc2)n1. The Kier molecular flexibility index (Phi) is 6.26. The fourth-order valence-electron chi connectivity index (χ4n) is 2.77. The van der Waals surface area contributed by atoms with Gasteiger partial charge in [0.15, 0.2) is 9.84 Å². The average Bonchev–Trinajstić information content (AvgIpc) is 2.69. The molecule has 2 heterocycles. The molecule has 0 bridgehead atoms. The van der Waals surface area contributed by atoms with Gasteiger partial charge in [0.25, 0.3) is 0 Å². The van der Waals surface area contributed by atoms with Crippen molar-refractivity contribution in [2.45, 2.75) is 25.5 Å². The number of nitrogens with zero attached hydrogens (tertiary/aromatic N) is 3. The first-order valence-electron chi connectivity index (χ1n) is 8.96. The second kappa shape index (κ2) is 8.84. The third kappa shape index (κ3) is 5.53. The average molecular weight is 395 g/mol. The second-order valence-corrected chi connectivity index (χ2v) is 8.86. The molecular formula is C21H21N3O3S. The van der Waals surface area contributed by atoms with Crippen LogP contribution in [0.2, 0.25) is 0 Å². The minimum atomic E-state index is -3.19. The molecule has 0 amide bonds. The maximum atomic E-state index is 12.4. The summed E-state index contributed by atoms with van der Waals surface area (Å²) in [6, 6.07) is 11.7. The molecule has 0 aliphatic carbocycles. The van der Waals surface area contributed by atoms with Crippen LogP contribution in [-0.4, -0.2) is 34.9 Å². The molecule has 0 saturated heterocycles. The van der Waals surface area contributed by atoms with Crippen molar-refractivity contribution in [3.05, 3.63) is 78.1 Å². The summed E-state index contributed by atoms with van der Waals surface area (Å²) in [5.41, 5.74) is 3.83. The number of hydrogen-bond donors (Lipinski definition) is 0. The van der Waals surface area contributed by atoms with E-state index in [9.17, 15) is 13.2 Å². The Balaban J connectivity index is 1.63. The van der Waals surface area contributed by atoms with Crippen LogP contribution in [-0.2, 0) is 33.2 Å². The normalized spacial score (nSPS) is 11.3. The van der Waals surface area contributed by atoms with Crippen molar-refractivity contribution in [3.8, 4) is 11.1 Å². The Hall–Kier alpha value is -2.93. The monoisotopic (exact) mass is 395 g/mol. The molecule has 3 aromatic rings. The summed E-state index contributed by atoms with van der Waals surface area (Å²) in [4.78, 5) is 24.8. The van der Waals surface area contributed by atoms with Crippen molar-refractivity contribution >= 4 is 15.6 Å². The van der Waals surface area contributed by atoms with Crippen LogP contribution in [0.15, 0.2) is 61.2 Å². The largest absolute Gasteiger partial charge is 0.299 e. The van der Waals surface area contributed by atoms with Gasteiger partial charge < -0.3 is 0 Å². The lowest BCUT2D eigenvalue weighted by Crippen LogP contribution is -2.12. The van der Waals surface area contributed by atoms with Gasteiger partial charge in [-0.2, -0.15) is 0 Å². The summed E-state index contributed by atoms with van der Waals surface area (Å²) < 4.78 is 23.5. The number of benzene rings is 1. The van der Waals surface area contributed by atoms with Crippen molar-refractivity contribution in [2.24, 2.45) is 0 Å². The molecule has 144 valence electrons. The summed E-state index contributed by atoms with van der Waals surface area (Å²) in [5.74, 6) is -0.111. The van der Waals surface area contributed by atoms with Crippen LogP contribution in [0.1, 0.15) is 23.9 Å². The zero-order valence-electron chi connectivity index (χ0n) is 15.6. The molecule has 6 nitrogen and oxygen atoms in total. The lowest BCUT2D eigenvalue weighted by molar-refractivity contribution is -0.117. The van der Waals surface area contributed by atoms with E-state index in [1.54, 1.807) is 19.3 Å². The third-order valence-electron chi connectivity index (χ3n) is 4.27. The van der Waals surface area contributed by atoms with Gasteiger partial charge >= 0.3 is 0 Å². The van der Waals surface area contributed by atoms with Gasteiger partial charge in [-0.05, 0) is 22.8 Å². The smallest absolute Gasteiger partial charge is 0.155 e. The van der Waals surface area contributed by atoms with Crippen LogP contribution in [0.25, 0.3) is 11.1 Å². The molecule has 2 aromatic heterocycles. The lowest BCUT2D eigenvalue weighted by atomic mass is 10.0. The van der Waals surface area contributed by atoms with Crippen LogP contribution in [0.4, 0.5) is 0 Å². The number of rotatable bonds is 8. The van der Waals surface area contributed by atoms with Gasteiger partial charge in [0.1, 0.15) is 5.78 Å². The fraction of sp³-hybridized carbons (Fsp3) is 0.238. The molecule has 0 saturated carbocycles. The van der Waals surface area contributed by atoms with E-state index in [-0.39, 0.29) is 30.1 Å². The van der Waals surface area contributed by atoms with E-state index in [0.717, 1.165) is 16.7 Å². The summed E-state index contributed by atoms with van der Waals surface area (Å²) in [6.45, 7) is 1.59. The zero-order chi connectivity index (χ0) is 20.0. The topological polar surface area (TPSA) is 89.9 Å². The standard InChI is InChI=1S/C21H21N3O3S/c1-2-28(26,27)15-20-14-23-13-19(24-20)11-21(25)10-16-5-7-17(8-6-16)18-4-3-9-22-12-18/h3-9,12-14H,2,10-11,15H2,1H3. The minimum Gasteiger partial charge on any atom is -0.299 e. The molecule has 0 aliphatic rings. The summed E-state index contributed by atoms with van der Waals surface area (Å²) in [5, 5.41) is 0. The highest BCUT2D eigenvalue weighted by Crippen LogP contribution is 2.18. The van der Waals surface area contributed by atoms with E-state index in [0.29, 0.717) is 11.4 Å². The molecule has 1 aromatic carbocycles. The number of ketones is 1. The van der Waals surface area contributed by atoms with E-state index in [1.165, 1.54) is 12.4 Å². The van der Waals surface area contributed by atoms with Crippen molar-refractivity contribution in [2.75, 3.05) is 5.75 Å². The number of aromatic nitrogens is 3. The van der Waals surface area contributed by atoms with Crippen molar-refractivity contribution in [1.82, 2.24) is 15.0 Å². The number of sulfone groups is 1. The zero-order valence-corrected chi connectivity index (χ0v) is 16.4. The van der Waals surface area contributed by atoms with Crippen molar-refractivity contribution in [3.63, 3.8) is 0 Å². The Morgan fingerprint density at radius 1 is 0.893 bits per heavy atom. The van der Waals surface area contributed by atoms with Gasteiger partial charge in [0.2, 0.25) is 0 Å². The first-order valence-corrected chi connectivity index (χ1v) is 10.8. The number of carbonyl (C=O) groups excluding carboxylic acids is 1. The highest BCUT2D eigenvalue weighted by atomic mass is 32.2. The predicted molar refractivity (Wildman–Crippen MR) is 107 cm³/mol. The second-order valence-electron chi connectivity index (χ2n) is 6.51. The molecule has 0 radical (unpaired) electrons. The highest BCUT2D eigenvalue weighted by Gasteiger charge is 2.13. The number of Topliss-reactive ketones (excluding diaryl/α,β-unsaturated/α-hetero) is 1.